The second-order valence-electron chi connectivity index (χ2n) is 3.96. The molecule has 18 heavy (non-hydrogen) atoms. The zero-order valence-corrected chi connectivity index (χ0v) is 12.9. The Morgan fingerprint density at radius 1 is 1.39 bits per heavy atom. The molecule has 3 nitrogen and oxygen atoms in total. The van der Waals surface area contributed by atoms with Crippen LogP contribution in [0.4, 0.5) is 0 Å². The van der Waals surface area contributed by atoms with Crippen LogP contribution in [0.5, 0.6) is 0 Å². The van der Waals surface area contributed by atoms with Crippen molar-refractivity contribution in [2.45, 2.75) is 24.2 Å². The van der Waals surface area contributed by atoms with Crippen LogP contribution in [-0.4, -0.2) is 23.5 Å². The Hall–Kier alpha value is -0.000000000000000111. The van der Waals surface area contributed by atoms with Crippen molar-refractivity contribution in [1.82, 2.24) is 0 Å². The van der Waals surface area contributed by atoms with Gasteiger partial charge in [-0.2, -0.15) is 0 Å². The van der Waals surface area contributed by atoms with E-state index in [0.717, 1.165) is 0 Å². The third kappa shape index (κ3) is 2.94. The van der Waals surface area contributed by atoms with Gasteiger partial charge in [0.15, 0.2) is 14.0 Å². The van der Waals surface area contributed by atoms with E-state index < -0.39 is 20.1 Å². The predicted molar refractivity (Wildman–Crippen MR) is 75.1 cm³/mol. The van der Waals surface area contributed by atoms with Crippen molar-refractivity contribution in [2.24, 2.45) is 0 Å². The van der Waals surface area contributed by atoms with E-state index in [0.29, 0.717) is 5.02 Å². The van der Waals surface area contributed by atoms with Crippen LogP contribution in [0.25, 0.3) is 0 Å². The van der Waals surface area contributed by atoms with Crippen LogP contribution in [0.1, 0.15) is 25.5 Å². The van der Waals surface area contributed by atoms with E-state index in [1.54, 1.807) is 0 Å². The van der Waals surface area contributed by atoms with Gasteiger partial charge in [0, 0.05) is 21.4 Å². The Balaban J connectivity index is 3.26. The molecule has 0 fully saturated rings. The summed E-state index contributed by atoms with van der Waals surface area (Å²) in [5.74, 6) is -0.171. The second-order valence-corrected chi connectivity index (χ2v) is 8.47. The first-order chi connectivity index (χ1) is 8.13. The lowest BCUT2D eigenvalue weighted by atomic mass is 10.1. The lowest BCUT2D eigenvalue weighted by Gasteiger charge is -2.28. The number of halogens is 3. The summed E-state index contributed by atoms with van der Waals surface area (Å²) in [5.41, 5.74) is 0.232. The van der Waals surface area contributed by atoms with Crippen LogP contribution in [-0.2, 0) is 9.84 Å². The third-order valence-corrected chi connectivity index (χ3v) is 6.41. The Morgan fingerprint density at radius 3 is 2.39 bits per heavy atom. The summed E-state index contributed by atoms with van der Waals surface area (Å²) in [6.07, 6.45) is -1.44. The van der Waals surface area contributed by atoms with Gasteiger partial charge >= 0.3 is 0 Å². The lowest BCUT2D eigenvalue weighted by molar-refractivity contribution is 0.163. The maximum Gasteiger partial charge on any atom is 0.172 e. The van der Waals surface area contributed by atoms with Crippen molar-refractivity contribution in [3.8, 4) is 0 Å². The average molecular weight is 332 g/mol. The quantitative estimate of drug-likeness (QED) is 0.860. The molecule has 1 N–H and O–H groups in total. The normalized spacial score (nSPS) is 17.2. The molecule has 0 unspecified atom stereocenters. The molecule has 0 bridgehead atoms. The van der Waals surface area contributed by atoms with Crippen LogP contribution in [0.15, 0.2) is 18.2 Å². The molecule has 0 aliphatic carbocycles. The number of alkyl halides is 1. The van der Waals surface area contributed by atoms with Gasteiger partial charge in [-0.25, -0.2) is 8.42 Å². The highest BCUT2D eigenvalue weighted by atomic mass is 35.5. The molecular formula is C11H13Cl3O3S. The number of benzene rings is 1. The summed E-state index contributed by atoms with van der Waals surface area (Å²) in [6, 6.07) is 4.39. The Labute approximate surface area is 122 Å². The molecule has 0 saturated carbocycles. The van der Waals surface area contributed by atoms with E-state index in [2.05, 4.69) is 0 Å². The second kappa shape index (κ2) is 5.55. The summed E-state index contributed by atoms with van der Waals surface area (Å²) in [6.45, 7) is 2.72. The van der Waals surface area contributed by atoms with Gasteiger partial charge in [-0.15, -0.1) is 0 Å². The highest BCUT2D eigenvalue weighted by Crippen LogP contribution is 2.40. The molecule has 0 radical (unpaired) electrons. The molecule has 0 aromatic heterocycles. The van der Waals surface area contributed by atoms with E-state index in [1.807, 2.05) is 0 Å². The van der Waals surface area contributed by atoms with Crippen LogP contribution < -0.4 is 0 Å². The number of sulfone groups is 1. The van der Waals surface area contributed by atoms with E-state index in [-0.39, 0.29) is 16.3 Å². The van der Waals surface area contributed by atoms with Crippen molar-refractivity contribution in [2.75, 3.05) is 5.75 Å². The smallest absolute Gasteiger partial charge is 0.172 e. The van der Waals surface area contributed by atoms with Gasteiger partial charge in [0.2, 0.25) is 0 Å². The maximum absolute atomic E-state index is 11.9. The molecule has 1 rings (SSSR count). The summed E-state index contributed by atoms with van der Waals surface area (Å²) in [4.78, 5) is 0. The zero-order valence-electron chi connectivity index (χ0n) is 9.82. The van der Waals surface area contributed by atoms with Crippen molar-refractivity contribution in [1.29, 1.82) is 0 Å². The van der Waals surface area contributed by atoms with Crippen LogP contribution in [0.2, 0.25) is 10.0 Å². The van der Waals surface area contributed by atoms with Crippen molar-refractivity contribution < 1.29 is 13.5 Å². The molecule has 1 aromatic rings. The fourth-order valence-corrected chi connectivity index (χ4v) is 3.44. The highest BCUT2D eigenvalue weighted by molar-refractivity contribution is 7.94. The fourth-order valence-electron chi connectivity index (χ4n) is 1.45. The van der Waals surface area contributed by atoms with Crippen molar-refractivity contribution >= 4 is 44.6 Å². The molecule has 102 valence electrons. The summed E-state index contributed by atoms with van der Waals surface area (Å²) in [7, 11) is -3.65. The summed E-state index contributed by atoms with van der Waals surface area (Å²) in [5, 5.41) is 10.7. The molecule has 2 atom stereocenters. The van der Waals surface area contributed by atoms with E-state index in [9.17, 15) is 13.5 Å². The van der Waals surface area contributed by atoms with Crippen LogP contribution >= 0.6 is 34.8 Å². The molecule has 7 heteroatoms. The molecule has 0 aliphatic heterocycles. The van der Waals surface area contributed by atoms with Gasteiger partial charge in [-0.3, -0.25) is 0 Å². The summed E-state index contributed by atoms with van der Waals surface area (Å²) >= 11 is 17.7. The van der Waals surface area contributed by atoms with E-state index in [4.69, 9.17) is 34.8 Å². The van der Waals surface area contributed by atoms with Gasteiger partial charge in [0.05, 0.1) is 0 Å². The van der Waals surface area contributed by atoms with Crippen LogP contribution in [0.3, 0.4) is 0 Å². The van der Waals surface area contributed by atoms with Gasteiger partial charge < -0.3 is 5.11 Å². The fraction of sp³-hybridized carbons (Fsp3) is 0.455. The molecule has 0 heterocycles. The number of aliphatic hydroxyl groups is 1. The van der Waals surface area contributed by atoms with Crippen LogP contribution in [0, 0.1) is 0 Å². The maximum atomic E-state index is 11.9. The number of aliphatic hydroxyl groups excluding tert-OH is 1. The van der Waals surface area contributed by atoms with Crippen molar-refractivity contribution in [3.63, 3.8) is 0 Å². The minimum Gasteiger partial charge on any atom is -0.385 e. The standard InChI is InChI=1S/C11H13Cl3O3S/c1-3-18(16,17)11(2,14)10(15)8-5-4-7(12)6-9(8)13/h4-6,10,15H,3H2,1-2H3/t10-,11+/m1/s1. The first-order valence-electron chi connectivity index (χ1n) is 5.17. The van der Waals surface area contributed by atoms with Crippen molar-refractivity contribution in [3.05, 3.63) is 33.8 Å². The molecule has 0 spiro atoms. The largest absolute Gasteiger partial charge is 0.385 e. The zero-order chi connectivity index (χ0) is 14.1. The number of rotatable bonds is 4. The molecule has 0 aliphatic rings. The van der Waals surface area contributed by atoms with Gasteiger partial charge in [0.1, 0.15) is 6.10 Å². The topological polar surface area (TPSA) is 54.4 Å². The third-order valence-electron chi connectivity index (χ3n) is 2.73. The Kier molecular flexibility index (Phi) is 4.95. The Bertz CT molecular complexity index is 540. The monoisotopic (exact) mass is 330 g/mol. The Morgan fingerprint density at radius 2 is 1.94 bits per heavy atom. The molecular weight excluding hydrogens is 319 g/mol. The predicted octanol–water partition coefficient (Wildman–Crippen LogP) is 3.42. The molecule has 0 amide bonds. The molecule has 1 aromatic carbocycles. The first kappa shape index (κ1) is 16.1. The first-order valence-corrected chi connectivity index (χ1v) is 7.96. The highest BCUT2D eigenvalue weighted by Gasteiger charge is 2.44. The minimum atomic E-state index is -3.65. The van der Waals surface area contributed by atoms with Gasteiger partial charge in [0.25, 0.3) is 0 Å². The van der Waals surface area contributed by atoms with E-state index in [1.165, 1.54) is 32.0 Å². The average Bonchev–Trinajstić information content (AvgIpc) is 2.28. The van der Waals surface area contributed by atoms with E-state index >= 15 is 0 Å². The SMILES string of the molecule is CCS(=O)(=O)[C@](C)(Cl)[C@H](O)c1ccc(Cl)cc1Cl. The lowest BCUT2D eigenvalue weighted by Crippen LogP contribution is -2.37. The minimum absolute atomic E-state index is 0.171. The van der Waals surface area contributed by atoms with Gasteiger partial charge in [-0.1, -0.05) is 47.8 Å². The number of hydrogen-bond acceptors (Lipinski definition) is 3. The number of hydrogen-bond donors (Lipinski definition) is 1. The van der Waals surface area contributed by atoms with Gasteiger partial charge in [-0.05, 0) is 19.1 Å². The molecule has 0 saturated heterocycles. The summed E-state index contributed by atoms with van der Waals surface area (Å²) < 4.78 is 21.9.